The van der Waals surface area contributed by atoms with Crippen LogP contribution in [-0.4, -0.2) is 19.3 Å². The predicted molar refractivity (Wildman–Crippen MR) is 69.4 cm³/mol. The third-order valence-corrected chi connectivity index (χ3v) is 5.39. The van der Waals surface area contributed by atoms with Gasteiger partial charge in [-0.1, -0.05) is 34.1 Å². The molecule has 0 aliphatic heterocycles. The van der Waals surface area contributed by atoms with E-state index in [1.807, 2.05) is 19.9 Å². The van der Waals surface area contributed by atoms with Gasteiger partial charge in [0.2, 0.25) is 10.0 Å². The zero-order chi connectivity index (χ0) is 12.4. The number of aryl methyl sites for hydroxylation is 1. The molecular formula is C11H16BrNO2S. The van der Waals surface area contributed by atoms with Gasteiger partial charge in [-0.3, -0.25) is 0 Å². The van der Waals surface area contributed by atoms with Crippen molar-refractivity contribution in [1.29, 1.82) is 0 Å². The third-order valence-electron chi connectivity index (χ3n) is 2.13. The van der Waals surface area contributed by atoms with Crippen molar-refractivity contribution in [3.63, 3.8) is 0 Å². The zero-order valence-corrected chi connectivity index (χ0v) is 12.0. The lowest BCUT2D eigenvalue weighted by atomic mass is 10.1. The van der Waals surface area contributed by atoms with E-state index in [0.717, 1.165) is 5.56 Å². The highest BCUT2D eigenvalue weighted by molar-refractivity contribution is 9.09. The average molecular weight is 306 g/mol. The summed E-state index contributed by atoms with van der Waals surface area (Å²) in [5.74, 6) is 0. The number of sulfonamides is 1. The normalized spacial score (nSPS) is 12.8. The second-order valence-corrected chi connectivity index (χ2v) is 6.60. The van der Waals surface area contributed by atoms with E-state index in [2.05, 4.69) is 20.7 Å². The molecule has 0 unspecified atom stereocenters. The van der Waals surface area contributed by atoms with Gasteiger partial charge in [0, 0.05) is 10.9 Å². The summed E-state index contributed by atoms with van der Waals surface area (Å²) >= 11 is 3.29. The summed E-state index contributed by atoms with van der Waals surface area (Å²) in [6.07, 6.45) is 0. The van der Waals surface area contributed by atoms with Crippen molar-refractivity contribution in [1.82, 2.24) is 4.72 Å². The second kappa shape index (κ2) is 4.85. The Morgan fingerprint density at radius 2 is 1.88 bits per heavy atom. The minimum Gasteiger partial charge on any atom is -0.207 e. The Hall–Kier alpha value is -0.390. The number of rotatable bonds is 4. The van der Waals surface area contributed by atoms with Crippen molar-refractivity contribution in [2.45, 2.75) is 31.2 Å². The van der Waals surface area contributed by atoms with Gasteiger partial charge in [0.1, 0.15) is 0 Å². The zero-order valence-electron chi connectivity index (χ0n) is 9.62. The van der Waals surface area contributed by atoms with Gasteiger partial charge in [-0.15, -0.1) is 0 Å². The molecule has 0 aromatic heterocycles. The van der Waals surface area contributed by atoms with Crippen LogP contribution < -0.4 is 4.72 Å². The molecule has 1 N–H and O–H groups in total. The van der Waals surface area contributed by atoms with Crippen molar-refractivity contribution >= 4 is 26.0 Å². The molecule has 5 heteroatoms. The second-order valence-electron chi connectivity index (χ2n) is 4.39. The van der Waals surface area contributed by atoms with E-state index in [1.54, 1.807) is 25.1 Å². The maximum absolute atomic E-state index is 12.1. The average Bonchev–Trinajstić information content (AvgIpc) is 2.16. The molecule has 0 aliphatic rings. The number of alkyl halides is 1. The molecule has 1 aromatic rings. The smallest absolute Gasteiger partial charge is 0.207 e. The Labute approximate surface area is 105 Å². The number of nitrogens with one attached hydrogen (secondary N) is 1. The molecule has 90 valence electrons. The molecule has 0 saturated heterocycles. The minimum absolute atomic E-state index is 0.337. The summed E-state index contributed by atoms with van der Waals surface area (Å²) in [7, 11) is -3.44. The molecule has 0 saturated carbocycles. The minimum atomic E-state index is -3.44. The Kier molecular flexibility index (Phi) is 4.15. The summed E-state index contributed by atoms with van der Waals surface area (Å²) in [5, 5.41) is 0.561. The maximum atomic E-state index is 12.1. The maximum Gasteiger partial charge on any atom is 0.241 e. The van der Waals surface area contributed by atoms with Crippen LogP contribution in [0.4, 0.5) is 0 Å². The molecule has 3 nitrogen and oxygen atoms in total. The number of benzene rings is 1. The first-order chi connectivity index (χ1) is 7.28. The molecular weight excluding hydrogens is 290 g/mol. The van der Waals surface area contributed by atoms with Crippen LogP contribution in [0.3, 0.4) is 0 Å². The van der Waals surface area contributed by atoms with E-state index in [4.69, 9.17) is 0 Å². The first-order valence-corrected chi connectivity index (χ1v) is 7.54. The summed E-state index contributed by atoms with van der Waals surface area (Å²) in [4.78, 5) is 0.337. The lowest BCUT2D eigenvalue weighted by Gasteiger charge is -2.23. The van der Waals surface area contributed by atoms with E-state index in [9.17, 15) is 8.42 Å². The van der Waals surface area contributed by atoms with Gasteiger partial charge in [-0.2, -0.15) is 0 Å². The van der Waals surface area contributed by atoms with Crippen molar-refractivity contribution in [3.05, 3.63) is 29.8 Å². The molecule has 0 amide bonds. The summed E-state index contributed by atoms with van der Waals surface area (Å²) in [6.45, 7) is 5.45. The van der Waals surface area contributed by atoms with Crippen molar-refractivity contribution in [3.8, 4) is 0 Å². The SMILES string of the molecule is Cc1ccccc1S(=O)(=O)NC(C)(C)CBr. The van der Waals surface area contributed by atoms with Crippen molar-refractivity contribution in [2.75, 3.05) is 5.33 Å². The molecule has 0 heterocycles. The first kappa shape index (κ1) is 13.7. The van der Waals surface area contributed by atoms with Gasteiger partial charge in [-0.25, -0.2) is 13.1 Å². The van der Waals surface area contributed by atoms with E-state index < -0.39 is 15.6 Å². The van der Waals surface area contributed by atoms with Crippen LogP contribution in [0.5, 0.6) is 0 Å². The fourth-order valence-electron chi connectivity index (χ4n) is 1.30. The molecule has 0 bridgehead atoms. The molecule has 0 aliphatic carbocycles. The van der Waals surface area contributed by atoms with Crippen LogP contribution in [-0.2, 0) is 10.0 Å². The van der Waals surface area contributed by atoms with Gasteiger partial charge >= 0.3 is 0 Å². The topological polar surface area (TPSA) is 46.2 Å². The van der Waals surface area contributed by atoms with Gasteiger partial charge < -0.3 is 0 Å². The largest absolute Gasteiger partial charge is 0.241 e. The molecule has 0 fully saturated rings. The van der Waals surface area contributed by atoms with Crippen LogP contribution in [0.15, 0.2) is 29.2 Å². The van der Waals surface area contributed by atoms with Crippen molar-refractivity contribution in [2.24, 2.45) is 0 Å². The van der Waals surface area contributed by atoms with Gasteiger partial charge in [-0.05, 0) is 32.4 Å². The summed E-state index contributed by atoms with van der Waals surface area (Å²) in [5.41, 5.74) is 0.251. The highest BCUT2D eigenvalue weighted by atomic mass is 79.9. The molecule has 0 spiro atoms. The molecule has 1 aromatic carbocycles. The Morgan fingerprint density at radius 1 is 1.31 bits per heavy atom. The lowest BCUT2D eigenvalue weighted by molar-refractivity contribution is 0.500. The quantitative estimate of drug-likeness (QED) is 0.869. The van der Waals surface area contributed by atoms with Crippen LogP contribution in [0, 0.1) is 6.92 Å². The number of hydrogen-bond donors (Lipinski definition) is 1. The van der Waals surface area contributed by atoms with Crippen LogP contribution in [0.1, 0.15) is 19.4 Å². The fourth-order valence-corrected chi connectivity index (χ4v) is 3.29. The van der Waals surface area contributed by atoms with Crippen LogP contribution in [0.2, 0.25) is 0 Å². The summed E-state index contributed by atoms with van der Waals surface area (Å²) < 4.78 is 26.9. The van der Waals surface area contributed by atoms with Crippen LogP contribution >= 0.6 is 15.9 Å². The highest BCUT2D eigenvalue weighted by Crippen LogP contribution is 2.17. The number of halogens is 1. The highest BCUT2D eigenvalue weighted by Gasteiger charge is 2.25. The Balaban J connectivity index is 3.09. The van der Waals surface area contributed by atoms with Crippen molar-refractivity contribution < 1.29 is 8.42 Å². The van der Waals surface area contributed by atoms with E-state index in [-0.39, 0.29) is 0 Å². The van der Waals surface area contributed by atoms with Gasteiger partial charge in [0.15, 0.2) is 0 Å². The fraction of sp³-hybridized carbons (Fsp3) is 0.455. The monoisotopic (exact) mass is 305 g/mol. The molecule has 16 heavy (non-hydrogen) atoms. The molecule has 0 radical (unpaired) electrons. The van der Waals surface area contributed by atoms with E-state index >= 15 is 0 Å². The number of hydrogen-bond acceptors (Lipinski definition) is 2. The Morgan fingerprint density at radius 3 is 2.38 bits per heavy atom. The predicted octanol–water partition coefficient (Wildman–Crippen LogP) is 2.45. The van der Waals surface area contributed by atoms with E-state index in [1.165, 1.54) is 0 Å². The third kappa shape index (κ3) is 3.30. The Bertz CT molecular complexity index is 469. The summed E-state index contributed by atoms with van der Waals surface area (Å²) in [6, 6.07) is 6.95. The van der Waals surface area contributed by atoms with Gasteiger partial charge in [0.25, 0.3) is 0 Å². The molecule has 1 rings (SSSR count). The first-order valence-electron chi connectivity index (χ1n) is 4.94. The van der Waals surface area contributed by atoms with E-state index in [0.29, 0.717) is 10.2 Å². The molecule has 0 atom stereocenters. The lowest BCUT2D eigenvalue weighted by Crippen LogP contribution is -2.44. The van der Waals surface area contributed by atoms with Crippen LogP contribution in [0.25, 0.3) is 0 Å². The standard InChI is InChI=1S/C11H16BrNO2S/c1-9-6-4-5-7-10(9)16(14,15)13-11(2,3)8-12/h4-7,13H,8H2,1-3H3. The van der Waals surface area contributed by atoms with Gasteiger partial charge in [0.05, 0.1) is 4.90 Å².